The van der Waals surface area contributed by atoms with Crippen LogP contribution in [-0.2, 0) is 14.9 Å². The zero-order valence-electron chi connectivity index (χ0n) is 13.8. The highest BCUT2D eigenvalue weighted by Crippen LogP contribution is 2.28. The summed E-state index contributed by atoms with van der Waals surface area (Å²) < 4.78 is 68.8. The summed E-state index contributed by atoms with van der Waals surface area (Å²) in [5, 5.41) is 29.2. The van der Waals surface area contributed by atoms with E-state index in [-0.39, 0.29) is 11.3 Å². The Kier molecular flexibility index (Phi) is 5.56. The zero-order chi connectivity index (χ0) is 20.6. The highest BCUT2D eigenvalue weighted by molar-refractivity contribution is 7.86. The first-order chi connectivity index (χ1) is 13.1. The quantitative estimate of drug-likeness (QED) is 0.373. The fourth-order valence-corrected chi connectivity index (χ4v) is 3.28. The number of pyridine rings is 2. The molecule has 0 aliphatic carbocycles. The fraction of sp³-hybridized carbons (Fsp3) is 0.333. The van der Waals surface area contributed by atoms with Gasteiger partial charge in [0.2, 0.25) is 17.7 Å². The number of aromatic nitrogens is 2. The number of rotatable bonds is 4. The van der Waals surface area contributed by atoms with Gasteiger partial charge in [0.25, 0.3) is 16.1 Å². The molecule has 0 saturated carbocycles. The van der Waals surface area contributed by atoms with E-state index in [0.29, 0.717) is 0 Å². The average molecular weight is 420 g/mol. The molecule has 3 rings (SSSR count). The number of nitrogens with zero attached hydrogens (tertiary/aromatic N) is 2. The average Bonchev–Trinajstić information content (AvgIpc) is 2.62. The second kappa shape index (κ2) is 7.62. The Balaban J connectivity index is 1.84. The normalized spacial score (nSPS) is 28.1. The molecule has 5 atom stereocenters. The lowest BCUT2D eigenvalue weighted by molar-refractivity contribution is -0.254. The number of hydrogen-bond acceptors (Lipinski definition) is 9. The van der Waals surface area contributed by atoms with Gasteiger partial charge < -0.3 is 24.8 Å². The minimum absolute atomic E-state index is 0.0301. The van der Waals surface area contributed by atoms with Crippen LogP contribution < -0.4 is 4.74 Å². The van der Waals surface area contributed by atoms with Gasteiger partial charge in [0.05, 0.1) is 5.69 Å². The molecule has 1 aliphatic rings. The number of hydrogen-bond donors (Lipinski definition) is 4. The Bertz CT molecular complexity index is 976. The van der Waals surface area contributed by atoms with Crippen molar-refractivity contribution in [3.05, 3.63) is 42.4 Å². The molecule has 13 heteroatoms. The van der Waals surface area contributed by atoms with E-state index in [1.165, 1.54) is 12.1 Å². The Morgan fingerprint density at radius 2 is 1.79 bits per heavy atom. The van der Waals surface area contributed by atoms with Crippen LogP contribution in [0.15, 0.2) is 30.5 Å². The van der Waals surface area contributed by atoms with Crippen LogP contribution in [0.3, 0.4) is 0 Å². The summed E-state index contributed by atoms with van der Waals surface area (Å²) in [4.78, 5) is 6.93. The summed E-state index contributed by atoms with van der Waals surface area (Å²) in [6.07, 6.45) is -7.01. The molecule has 0 spiro atoms. The molecule has 0 amide bonds. The van der Waals surface area contributed by atoms with E-state index in [0.717, 1.165) is 18.3 Å². The minimum Gasteiger partial charge on any atom is -0.457 e. The minimum atomic E-state index is -4.99. The lowest BCUT2D eigenvalue weighted by Gasteiger charge is -2.38. The Morgan fingerprint density at radius 1 is 1.07 bits per heavy atom. The predicted molar refractivity (Wildman–Crippen MR) is 86.2 cm³/mol. The molecule has 1 unspecified atom stereocenters. The number of ether oxygens (including phenoxy) is 2. The second-order valence-corrected chi connectivity index (χ2v) is 7.32. The fourth-order valence-electron chi connectivity index (χ4n) is 2.52. The van der Waals surface area contributed by atoms with Crippen molar-refractivity contribution in [2.75, 3.05) is 0 Å². The van der Waals surface area contributed by atoms with Crippen molar-refractivity contribution in [2.24, 2.45) is 0 Å². The van der Waals surface area contributed by atoms with Gasteiger partial charge in [-0.25, -0.2) is 9.97 Å². The van der Waals surface area contributed by atoms with Gasteiger partial charge in [-0.1, -0.05) is 0 Å². The number of aliphatic hydroxyl groups excluding tert-OH is 3. The predicted octanol–water partition coefficient (Wildman–Crippen LogP) is -0.546. The lowest BCUT2D eigenvalue weighted by Crippen LogP contribution is -2.61. The molecule has 0 aromatic carbocycles. The zero-order valence-corrected chi connectivity index (χ0v) is 14.6. The van der Waals surface area contributed by atoms with Gasteiger partial charge in [-0.3, -0.25) is 4.55 Å². The third-order valence-electron chi connectivity index (χ3n) is 3.90. The van der Waals surface area contributed by atoms with Gasteiger partial charge in [-0.05, 0) is 18.2 Å². The maximum absolute atomic E-state index is 14.3. The molecule has 28 heavy (non-hydrogen) atoms. The molecule has 1 saturated heterocycles. The molecule has 2 aromatic heterocycles. The summed E-state index contributed by atoms with van der Waals surface area (Å²) in [6, 6.07) is 4.69. The Morgan fingerprint density at radius 3 is 2.39 bits per heavy atom. The van der Waals surface area contributed by atoms with Crippen molar-refractivity contribution in [3.8, 4) is 17.0 Å². The van der Waals surface area contributed by atoms with Gasteiger partial charge in [0.15, 0.2) is 5.75 Å². The van der Waals surface area contributed by atoms with Crippen LogP contribution in [0.4, 0.5) is 8.78 Å². The highest BCUT2D eigenvalue weighted by atomic mass is 32.2. The molecule has 0 bridgehead atoms. The van der Waals surface area contributed by atoms with Crippen LogP contribution in [0.2, 0.25) is 0 Å². The van der Waals surface area contributed by atoms with E-state index in [1.807, 2.05) is 0 Å². The van der Waals surface area contributed by atoms with Gasteiger partial charge >= 0.3 is 0 Å². The summed E-state index contributed by atoms with van der Waals surface area (Å²) in [6.45, 7) is 0. The monoisotopic (exact) mass is 420 g/mol. The van der Waals surface area contributed by atoms with E-state index in [4.69, 9.17) is 14.0 Å². The largest absolute Gasteiger partial charge is 0.457 e. The van der Waals surface area contributed by atoms with Crippen molar-refractivity contribution < 1.29 is 46.5 Å². The molecule has 1 aliphatic heterocycles. The van der Waals surface area contributed by atoms with Crippen molar-refractivity contribution in [1.82, 2.24) is 9.97 Å². The van der Waals surface area contributed by atoms with Crippen LogP contribution >= 0.6 is 0 Å². The molecule has 10 nitrogen and oxygen atoms in total. The highest BCUT2D eigenvalue weighted by Gasteiger charge is 2.50. The first kappa shape index (κ1) is 20.4. The van der Waals surface area contributed by atoms with Crippen molar-refractivity contribution in [2.45, 2.75) is 30.0 Å². The van der Waals surface area contributed by atoms with Gasteiger partial charge in [-0.15, -0.1) is 0 Å². The number of halogens is 2. The van der Waals surface area contributed by atoms with E-state index >= 15 is 0 Å². The molecule has 152 valence electrons. The molecule has 0 radical (unpaired) electrons. The first-order valence-electron chi connectivity index (χ1n) is 7.69. The molecule has 3 heterocycles. The van der Waals surface area contributed by atoms with E-state index < -0.39 is 57.8 Å². The standard InChI is InChI=1S/C15H14F2N2O8S/c16-9-5-6(3-4-18-9)7-1-2-8(13(17)19-7)26-14-11(21)10(20)12(22)15(27-14)28(23,24)25/h1-5,10-12,14-15,20-22H,(H,23,24,25)/t10-,11-,12+,14-,15?/m1/s1. The van der Waals surface area contributed by atoms with Gasteiger partial charge in [-0.2, -0.15) is 17.2 Å². The molecule has 4 N–H and O–H groups in total. The second-order valence-electron chi connectivity index (χ2n) is 5.83. The van der Waals surface area contributed by atoms with Crippen LogP contribution in [0.1, 0.15) is 0 Å². The van der Waals surface area contributed by atoms with Crippen molar-refractivity contribution in [1.29, 1.82) is 0 Å². The van der Waals surface area contributed by atoms with Crippen LogP contribution in [0, 0.1) is 11.9 Å². The summed E-state index contributed by atoms with van der Waals surface area (Å²) in [5.74, 6) is -2.61. The van der Waals surface area contributed by atoms with E-state index in [9.17, 15) is 32.5 Å². The SMILES string of the molecule is O=S(=O)(O)C1O[C@@H](Oc2ccc(-c3ccnc(F)c3)nc2F)[C@H](O)[C@@H](O)[C@@H]1O. The first-order valence-corrected chi connectivity index (χ1v) is 9.19. The third-order valence-corrected chi connectivity index (χ3v) is 4.88. The molecule has 2 aromatic rings. The smallest absolute Gasteiger partial charge is 0.295 e. The van der Waals surface area contributed by atoms with Gasteiger partial charge in [0, 0.05) is 17.8 Å². The van der Waals surface area contributed by atoms with E-state index in [2.05, 4.69) is 9.97 Å². The lowest BCUT2D eigenvalue weighted by atomic mass is 10.1. The summed E-state index contributed by atoms with van der Waals surface area (Å²) >= 11 is 0. The Hall–Kier alpha value is -2.29. The van der Waals surface area contributed by atoms with Crippen molar-refractivity contribution in [3.63, 3.8) is 0 Å². The molecular formula is C15H14F2N2O8S. The maximum atomic E-state index is 14.3. The van der Waals surface area contributed by atoms with Crippen LogP contribution in [-0.4, -0.2) is 68.3 Å². The number of aliphatic hydroxyl groups is 3. The van der Waals surface area contributed by atoms with Crippen LogP contribution in [0.25, 0.3) is 11.3 Å². The van der Waals surface area contributed by atoms with E-state index in [1.54, 1.807) is 0 Å². The Labute approximate surface area is 156 Å². The third kappa shape index (κ3) is 4.09. The molecular weight excluding hydrogens is 406 g/mol. The van der Waals surface area contributed by atoms with Crippen molar-refractivity contribution >= 4 is 10.1 Å². The summed E-state index contributed by atoms with van der Waals surface area (Å²) in [5.41, 5.74) is -2.08. The topological polar surface area (TPSA) is 159 Å². The maximum Gasteiger partial charge on any atom is 0.295 e. The van der Waals surface area contributed by atoms with Gasteiger partial charge in [0.1, 0.15) is 18.3 Å². The molecule has 1 fully saturated rings. The summed E-state index contributed by atoms with van der Waals surface area (Å²) in [7, 11) is -4.99. The van der Waals surface area contributed by atoms with Crippen LogP contribution in [0.5, 0.6) is 5.75 Å².